The summed E-state index contributed by atoms with van der Waals surface area (Å²) < 4.78 is 25.4. The van der Waals surface area contributed by atoms with Crippen molar-refractivity contribution in [3.63, 3.8) is 0 Å². The van der Waals surface area contributed by atoms with Gasteiger partial charge in [0.05, 0.1) is 44.4 Å². The molecule has 1 aliphatic rings. The molecular weight excluding hydrogens is 392 g/mol. The van der Waals surface area contributed by atoms with Crippen LogP contribution in [0.4, 0.5) is 0 Å². The van der Waals surface area contributed by atoms with Gasteiger partial charge in [-0.2, -0.15) is 0 Å². The van der Waals surface area contributed by atoms with Gasteiger partial charge in [-0.3, -0.25) is 0 Å². The Balaban J connectivity index is 1.84. The third-order valence-corrected chi connectivity index (χ3v) is 5.82. The Morgan fingerprint density at radius 2 is 1.71 bits per heavy atom. The van der Waals surface area contributed by atoms with E-state index in [1.807, 2.05) is 26.8 Å². The van der Waals surface area contributed by atoms with E-state index in [-0.39, 0.29) is 6.04 Å². The molecular formula is C25H31N2O4+. The molecule has 6 nitrogen and oxygen atoms in total. The van der Waals surface area contributed by atoms with Crippen LogP contribution in [-0.2, 0) is 6.54 Å². The molecule has 0 radical (unpaired) electrons. The molecule has 2 aromatic carbocycles. The van der Waals surface area contributed by atoms with E-state index >= 15 is 0 Å². The number of nitrogens with two attached hydrogens (primary N) is 1. The summed E-state index contributed by atoms with van der Waals surface area (Å²) in [6.07, 6.45) is 2.11. The zero-order valence-corrected chi connectivity index (χ0v) is 18.9. The number of benzene rings is 2. The molecule has 0 aliphatic carbocycles. The summed E-state index contributed by atoms with van der Waals surface area (Å²) in [7, 11) is 3.41. The molecule has 0 spiro atoms. The average Bonchev–Trinajstić information content (AvgIpc) is 3.20. The smallest absolute Gasteiger partial charge is 0.163 e. The van der Waals surface area contributed by atoms with Crippen LogP contribution >= 0.6 is 0 Å². The first-order chi connectivity index (χ1) is 15.1. The lowest BCUT2D eigenvalue weighted by Crippen LogP contribution is -2.83. The minimum atomic E-state index is 0.0769. The van der Waals surface area contributed by atoms with Gasteiger partial charge in [-0.05, 0) is 51.1 Å². The quantitative estimate of drug-likeness (QED) is 0.629. The molecule has 3 aromatic rings. The first-order valence-electron chi connectivity index (χ1n) is 10.8. The van der Waals surface area contributed by atoms with Gasteiger partial charge in [0.15, 0.2) is 17.5 Å². The molecule has 1 atom stereocenters. The molecule has 31 heavy (non-hydrogen) atoms. The first kappa shape index (κ1) is 21.1. The van der Waals surface area contributed by atoms with Gasteiger partial charge in [0.2, 0.25) is 0 Å². The van der Waals surface area contributed by atoms with E-state index < -0.39 is 0 Å². The van der Waals surface area contributed by atoms with Gasteiger partial charge in [-0.1, -0.05) is 0 Å². The van der Waals surface area contributed by atoms with Crippen LogP contribution in [0.2, 0.25) is 0 Å². The lowest BCUT2D eigenvalue weighted by atomic mass is 9.99. The largest absolute Gasteiger partial charge is 0.496 e. The highest BCUT2D eigenvalue weighted by Gasteiger charge is 2.30. The number of rotatable bonds is 7. The van der Waals surface area contributed by atoms with Crippen molar-refractivity contribution in [3.05, 3.63) is 65.0 Å². The van der Waals surface area contributed by atoms with E-state index in [0.717, 1.165) is 46.4 Å². The van der Waals surface area contributed by atoms with E-state index in [9.17, 15) is 0 Å². The summed E-state index contributed by atoms with van der Waals surface area (Å²) >= 11 is 0. The molecule has 6 heteroatoms. The maximum Gasteiger partial charge on any atom is 0.163 e. The zero-order chi connectivity index (χ0) is 22.0. The van der Waals surface area contributed by atoms with Crippen LogP contribution in [0.3, 0.4) is 0 Å². The van der Waals surface area contributed by atoms with E-state index in [0.29, 0.717) is 13.2 Å². The predicted octanol–water partition coefficient (Wildman–Crippen LogP) is 3.77. The minimum Gasteiger partial charge on any atom is -0.496 e. The number of methoxy groups -OCH3 is 2. The second kappa shape index (κ2) is 8.94. The van der Waals surface area contributed by atoms with E-state index in [1.54, 1.807) is 14.2 Å². The third kappa shape index (κ3) is 3.72. The molecule has 0 bridgehead atoms. The van der Waals surface area contributed by atoms with Gasteiger partial charge >= 0.3 is 0 Å². The first-order valence-corrected chi connectivity index (χ1v) is 10.8. The highest BCUT2D eigenvalue weighted by molar-refractivity contribution is 5.57. The fraction of sp³-hybridized carbons (Fsp3) is 0.360. The van der Waals surface area contributed by atoms with Gasteiger partial charge < -0.3 is 28.8 Å². The van der Waals surface area contributed by atoms with Crippen molar-refractivity contribution >= 4 is 0 Å². The lowest BCUT2D eigenvalue weighted by Gasteiger charge is -2.20. The van der Waals surface area contributed by atoms with E-state index in [4.69, 9.17) is 18.9 Å². The summed E-state index contributed by atoms with van der Waals surface area (Å²) in [5.41, 5.74) is 5.65. The highest BCUT2D eigenvalue weighted by atomic mass is 16.5. The second-order valence-corrected chi connectivity index (χ2v) is 7.53. The van der Waals surface area contributed by atoms with Gasteiger partial charge in [0.25, 0.3) is 0 Å². The summed E-state index contributed by atoms with van der Waals surface area (Å²) in [5.74, 6) is 3.26. The summed E-state index contributed by atoms with van der Waals surface area (Å²) in [5, 5.41) is 2.34. The van der Waals surface area contributed by atoms with Crippen LogP contribution in [0.25, 0.3) is 5.69 Å². The van der Waals surface area contributed by atoms with Gasteiger partial charge in [-0.15, -0.1) is 0 Å². The summed E-state index contributed by atoms with van der Waals surface area (Å²) in [4.78, 5) is 0. The van der Waals surface area contributed by atoms with Crippen LogP contribution < -0.4 is 24.3 Å². The Hall–Kier alpha value is -3.12. The molecule has 0 saturated carbocycles. The fourth-order valence-electron chi connectivity index (χ4n) is 4.47. The standard InChI is InChI=1S/C25H30N2O4/c1-6-30-22-13-17-15-26-24(18-10-11-21(28-4)16(3)25(18)29-5)19-9-8-12-27(19)20(17)14-23(22)31-7-2/h8-14,24,26H,6-7,15H2,1-5H3/p+1. The maximum absolute atomic E-state index is 5.89. The minimum absolute atomic E-state index is 0.0769. The van der Waals surface area contributed by atoms with Gasteiger partial charge in [0, 0.05) is 23.4 Å². The molecule has 1 unspecified atom stereocenters. The summed E-state index contributed by atoms with van der Waals surface area (Å²) in [6, 6.07) is 12.7. The molecule has 164 valence electrons. The Bertz CT molecular complexity index is 1070. The Labute approximate surface area is 183 Å². The number of quaternary nitrogens is 1. The number of ether oxygens (including phenoxy) is 4. The van der Waals surface area contributed by atoms with Crippen LogP contribution in [0.1, 0.15) is 42.3 Å². The van der Waals surface area contributed by atoms with Crippen LogP contribution in [0, 0.1) is 6.92 Å². The fourth-order valence-corrected chi connectivity index (χ4v) is 4.47. The molecule has 2 N–H and O–H groups in total. The molecule has 0 fully saturated rings. The lowest BCUT2D eigenvalue weighted by molar-refractivity contribution is -0.702. The van der Waals surface area contributed by atoms with Crippen molar-refractivity contribution in [1.82, 2.24) is 4.57 Å². The Morgan fingerprint density at radius 3 is 2.39 bits per heavy atom. The molecule has 1 aliphatic heterocycles. The van der Waals surface area contributed by atoms with Crippen LogP contribution in [0.5, 0.6) is 23.0 Å². The number of hydrogen-bond donors (Lipinski definition) is 1. The van der Waals surface area contributed by atoms with Crippen LogP contribution in [-0.4, -0.2) is 32.0 Å². The SMILES string of the molecule is CCOc1cc2c(cc1OCC)-n1cccc1C(c1ccc(OC)c(C)c1OC)[NH2+]C2. The molecule has 0 amide bonds. The monoisotopic (exact) mass is 423 g/mol. The number of aromatic nitrogens is 1. The van der Waals surface area contributed by atoms with Crippen molar-refractivity contribution in [2.45, 2.75) is 33.4 Å². The predicted molar refractivity (Wildman–Crippen MR) is 120 cm³/mol. The van der Waals surface area contributed by atoms with Gasteiger partial charge in [-0.25, -0.2) is 0 Å². The zero-order valence-electron chi connectivity index (χ0n) is 18.9. The Kier molecular flexibility index (Phi) is 6.09. The molecule has 2 heterocycles. The number of hydrogen-bond acceptors (Lipinski definition) is 4. The maximum atomic E-state index is 5.89. The van der Waals surface area contributed by atoms with Gasteiger partial charge in [0.1, 0.15) is 18.0 Å². The molecule has 1 aromatic heterocycles. The number of fused-ring (bicyclic) bond motifs is 3. The summed E-state index contributed by atoms with van der Waals surface area (Å²) in [6.45, 7) is 8.02. The average molecular weight is 424 g/mol. The van der Waals surface area contributed by atoms with Crippen molar-refractivity contribution in [1.29, 1.82) is 0 Å². The van der Waals surface area contributed by atoms with Crippen LogP contribution in [0.15, 0.2) is 42.6 Å². The van der Waals surface area contributed by atoms with Crippen molar-refractivity contribution in [2.24, 2.45) is 0 Å². The topological polar surface area (TPSA) is 58.5 Å². The van der Waals surface area contributed by atoms with E-state index in [2.05, 4.69) is 46.4 Å². The van der Waals surface area contributed by atoms with Crippen molar-refractivity contribution in [2.75, 3.05) is 27.4 Å². The third-order valence-electron chi connectivity index (χ3n) is 5.82. The normalized spacial score (nSPS) is 14.9. The molecule has 0 saturated heterocycles. The molecule has 4 rings (SSSR count). The highest BCUT2D eigenvalue weighted by Crippen LogP contribution is 2.39. The van der Waals surface area contributed by atoms with Crippen molar-refractivity contribution < 1.29 is 24.3 Å². The second-order valence-electron chi connectivity index (χ2n) is 7.53. The Morgan fingerprint density at radius 1 is 0.968 bits per heavy atom. The van der Waals surface area contributed by atoms with Crippen molar-refractivity contribution in [3.8, 4) is 28.7 Å². The van der Waals surface area contributed by atoms with E-state index in [1.165, 1.54) is 11.3 Å². The number of nitrogens with zero attached hydrogens (tertiary/aromatic N) is 1.